The van der Waals surface area contributed by atoms with Gasteiger partial charge in [-0.25, -0.2) is 0 Å². The van der Waals surface area contributed by atoms with Crippen LogP contribution in [0.3, 0.4) is 0 Å². The third kappa shape index (κ3) is 4.18. The third-order valence-corrected chi connectivity index (χ3v) is 6.70. The van der Waals surface area contributed by atoms with Crippen molar-refractivity contribution in [1.29, 1.82) is 0 Å². The molecule has 1 unspecified atom stereocenters. The van der Waals surface area contributed by atoms with E-state index in [0.717, 1.165) is 19.6 Å². The first kappa shape index (κ1) is 16.2. The van der Waals surface area contributed by atoms with Crippen LogP contribution in [0.25, 0.3) is 0 Å². The first-order valence-electron chi connectivity index (χ1n) is 4.82. The van der Waals surface area contributed by atoms with Gasteiger partial charge in [-0.2, -0.15) is 0 Å². The second-order valence-corrected chi connectivity index (χ2v) is 7.23. The molecule has 0 amide bonds. The van der Waals surface area contributed by atoms with Gasteiger partial charge in [0.05, 0.1) is 0 Å². The maximum absolute atomic E-state index is 4.37. The second kappa shape index (κ2) is 7.08. The summed E-state index contributed by atoms with van der Waals surface area (Å²) in [7, 11) is 0.659. The van der Waals surface area contributed by atoms with E-state index in [4.69, 9.17) is 0 Å². The minimum atomic E-state index is -1.52. The van der Waals surface area contributed by atoms with Crippen LogP contribution in [0.15, 0.2) is 0 Å². The molecule has 0 N–H and O–H groups in total. The Morgan fingerprint density at radius 3 is 1.69 bits per heavy atom. The smallest absolute Gasteiger partial charge is 0.338 e. The molecule has 0 spiro atoms. The summed E-state index contributed by atoms with van der Waals surface area (Å²) < 4.78 is 4.90. The summed E-state index contributed by atoms with van der Waals surface area (Å²) in [5.74, 6) is 0. The number of rotatable bonds is 5. The van der Waals surface area contributed by atoms with E-state index >= 15 is 0 Å². The summed E-state index contributed by atoms with van der Waals surface area (Å²) in [6.45, 7) is 16.6. The Labute approximate surface area is 97.0 Å². The molecule has 0 fully saturated rings. The van der Waals surface area contributed by atoms with E-state index in [1.54, 1.807) is 0 Å². The summed E-state index contributed by atoms with van der Waals surface area (Å²) in [5.41, 5.74) is 0. The molecule has 0 radical (unpaired) electrons. The quantitative estimate of drug-likeness (QED) is 0.398. The molecule has 0 aromatic rings. The third-order valence-electron chi connectivity index (χ3n) is 2.74. The minimum absolute atomic E-state index is 0. The average Bonchev–Trinajstić information content (AvgIpc) is 2.04. The molecule has 13 heavy (non-hydrogen) atoms. The predicted octanol–water partition coefficient (Wildman–Crippen LogP) is -1.27. The first-order chi connectivity index (χ1) is 5.50. The maximum Gasteiger partial charge on any atom is 1.00 e. The van der Waals surface area contributed by atoms with Gasteiger partial charge in [0.15, 0.2) is 0 Å². The van der Waals surface area contributed by atoms with Crippen molar-refractivity contribution >= 4 is 8.40 Å². The van der Waals surface area contributed by atoms with Crippen LogP contribution in [0.1, 0.15) is 20.8 Å². The number of nitrogens with zero attached hydrogens (tertiary/aromatic N) is 2. The molecule has 0 bridgehead atoms. The van der Waals surface area contributed by atoms with Gasteiger partial charge >= 0.3 is 18.9 Å². The Morgan fingerprint density at radius 1 is 1.08 bits per heavy atom. The fourth-order valence-corrected chi connectivity index (χ4v) is 4.01. The van der Waals surface area contributed by atoms with Crippen LogP contribution in [0.2, 0.25) is 6.55 Å². The van der Waals surface area contributed by atoms with Gasteiger partial charge in [-0.3, -0.25) is 0 Å². The zero-order chi connectivity index (χ0) is 9.78. The molecule has 0 aliphatic rings. The van der Waals surface area contributed by atoms with E-state index in [9.17, 15) is 0 Å². The summed E-state index contributed by atoms with van der Waals surface area (Å²) in [5, 5.41) is 0. The minimum Gasteiger partial charge on any atom is -0.338 e. The van der Waals surface area contributed by atoms with Crippen molar-refractivity contribution in [3.05, 3.63) is 6.55 Å². The van der Waals surface area contributed by atoms with E-state index in [1.807, 2.05) is 0 Å². The van der Waals surface area contributed by atoms with E-state index in [0.29, 0.717) is 0 Å². The Bertz CT molecular complexity index is 127. The van der Waals surface area contributed by atoms with E-state index in [1.165, 1.54) is 0 Å². The first-order valence-corrected chi connectivity index (χ1v) is 7.42. The second-order valence-electron chi connectivity index (χ2n) is 3.40. The van der Waals surface area contributed by atoms with Crippen LogP contribution in [0, 0.1) is 6.55 Å². The van der Waals surface area contributed by atoms with Crippen LogP contribution in [0.5, 0.6) is 0 Å². The van der Waals surface area contributed by atoms with Gasteiger partial charge in [0.25, 0.3) is 0 Å². The summed E-state index contributed by atoms with van der Waals surface area (Å²) >= 11 is 0. The van der Waals surface area contributed by atoms with Crippen molar-refractivity contribution in [2.75, 3.05) is 26.7 Å². The fourth-order valence-electron chi connectivity index (χ4n) is 1.49. The van der Waals surface area contributed by atoms with Gasteiger partial charge in [0, 0.05) is 8.40 Å². The van der Waals surface area contributed by atoms with Gasteiger partial charge < -0.3 is 15.7 Å². The van der Waals surface area contributed by atoms with Crippen molar-refractivity contribution < 1.29 is 18.9 Å². The van der Waals surface area contributed by atoms with Gasteiger partial charge in [-0.15, -0.1) is 0 Å². The zero-order valence-electron chi connectivity index (χ0n) is 10.2. The van der Waals surface area contributed by atoms with Gasteiger partial charge in [0.1, 0.15) is 0 Å². The van der Waals surface area contributed by atoms with Crippen molar-refractivity contribution in [3.8, 4) is 0 Å². The van der Waals surface area contributed by atoms with Crippen molar-refractivity contribution in [1.82, 2.24) is 9.13 Å². The molecule has 0 aromatic heterocycles. The molecule has 2 nitrogen and oxygen atoms in total. The Balaban J connectivity index is 0. The average molecular weight is 194 g/mol. The molecule has 4 heteroatoms. The Kier molecular flexibility index (Phi) is 8.81. The van der Waals surface area contributed by atoms with Crippen LogP contribution in [0.4, 0.5) is 0 Å². The topological polar surface area (TPSA) is 6.48 Å². The Morgan fingerprint density at radius 2 is 1.46 bits per heavy atom. The normalized spacial score (nSPS) is 15.7. The molecule has 0 aliphatic heterocycles. The SMILES string of the molecule is [CH2-][Si](C)(N(C)CC)N(CC)CC.[Li+]. The van der Waals surface area contributed by atoms with Crippen LogP contribution >= 0.6 is 0 Å². The number of hydrogen-bond acceptors (Lipinski definition) is 2. The van der Waals surface area contributed by atoms with Crippen molar-refractivity contribution in [2.45, 2.75) is 27.3 Å². The molecule has 0 saturated carbocycles. The van der Waals surface area contributed by atoms with Gasteiger partial charge in [-0.05, 0) is 26.7 Å². The van der Waals surface area contributed by atoms with Gasteiger partial charge in [-0.1, -0.05) is 27.3 Å². The van der Waals surface area contributed by atoms with Gasteiger partial charge in [0.2, 0.25) is 0 Å². The summed E-state index contributed by atoms with van der Waals surface area (Å²) in [6.07, 6.45) is 0. The molecular formula is C9H23LiN2Si. The Hall–Kier alpha value is 0.734. The van der Waals surface area contributed by atoms with E-state index in [2.05, 4.69) is 50.0 Å². The van der Waals surface area contributed by atoms with Crippen LogP contribution in [-0.4, -0.2) is 44.2 Å². The molecular weight excluding hydrogens is 171 g/mol. The summed E-state index contributed by atoms with van der Waals surface area (Å²) in [4.78, 5) is 0. The largest absolute Gasteiger partial charge is 1.00 e. The van der Waals surface area contributed by atoms with Crippen LogP contribution in [-0.2, 0) is 0 Å². The van der Waals surface area contributed by atoms with Crippen molar-refractivity contribution in [3.63, 3.8) is 0 Å². The molecule has 74 valence electrons. The zero-order valence-corrected chi connectivity index (χ0v) is 11.2. The van der Waals surface area contributed by atoms with E-state index in [-0.39, 0.29) is 18.9 Å². The molecule has 1 atom stereocenters. The monoisotopic (exact) mass is 194 g/mol. The molecule has 0 aliphatic carbocycles. The molecule has 0 rings (SSSR count). The van der Waals surface area contributed by atoms with Crippen molar-refractivity contribution in [2.24, 2.45) is 0 Å². The summed E-state index contributed by atoms with van der Waals surface area (Å²) in [6, 6.07) is 0. The standard InChI is InChI=1S/C9H23N2Si.Li/c1-7-10(4)12(5,6)11(8-2)9-3;/h5,7-9H2,1-4,6H3;/q-1;+1. The van der Waals surface area contributed by atoms with E-state index < -0.39 is 8.40 Å². The molecule has 0 aromatic carbocycles. The van der Waals surface area contributed by atoms with Crippen LogP contribution < -0.4 is 18.9 Å². The molecule has 0 saturated heterocycles. The maximum atomic E-state index is 4.37. The predicted molar refractivity (Wildman–Crippen MR) is 58.2 cm³/mol. The number of hydrogen-bond donors (Lipinski definition) is 0. The molecule has 0 heterocycles. The fraction of sp³-hybridized carbons (Fsp3) is 0.889.